The summed E-state index contributed by atoms with van der Waals surface area (Å²) in [6.07, 6.45) is 0.812. The highest BCUT2D eigenvalue weighted by Crippen LogP contribution is 2.24. The zero-order chi connectivity index (χ0) is 14.7. The molecule has 0 aliphatic carbocycles. The number of nitrogens with one attached hydrogen (secondary N) is 1. The van der Waals surface area contributed by atoms with Crippen molar-refractivity contribution in [3.05, 3.63) is 30.1 Å². The molecule has 1 N–H and O–H groups in total. The largest absolute Gasteiger partial charge is 0.243 e. The Morgan fingerprint density at radius 3 is 2.42 bits per heavy atom. The summed E-state index contributed by atoms with van der Waals surface area (Å²) in [7, 11) is -3.80. The van der Waals surface area contributed by atoms with Gasteiger partial charge in [0.2, 0.25) is 10.0 Å². The minimum atomic E-state index is -3.80. The minimum absolute atomic E-state index is 0.00838. The van der Waals surface area contributed by atoms with Gasteiger partial charge in [-0.3, -0.25) is 0 Å². The van der Waals surface area contributed by atoms with E-state index in [0.29, 0.717) is 0 Å². The monoisotopic (exact) mass is 351 g/mol. The fraction of sp³-hybridized carbons (Fsp3) is 0.538. The molecule has 1 aromatic rings. The molecule has 0 aliphatic rings. The summed E-state index contributed by atoms with van der Waals surface area (Å²) in [5, 5.41) is 0. The van der Waals surface area contributed by atoms with Crippen molar-refractivity contribution < 1.29 is 12.8 Å². The summed E-state index contributed by atoms with van der Waals surface area (Å²) in [4.78, 5) is -0.306. The van der Waals surface area contributed by atoms with Gasteiger partial charge in [-0.05, 0) is 24.0 Å². The fourth-order valence-electron chi connectivity index (χ4n) is 1.68. The van der Waals surface area contributed by atoms with Gasteiger partial charge in [0.15, 0.2) is 0 Å². The molecule has 6 heteroatoms. The van der Waals surface area contributed by atoms with Crippen molar-refractivity contribution >= 4 is 26.0 Å². The predicted molar refractivity (Wildman–Crippen MR) is 78.4 cm³/mol. The van der Waals surface area contributed by atoms with E-state index in [4.69, 9.17) is 0 Å². The van der Waals surface area contributed by atoms with Gasteiger partial charge in [-0.2, -0.15) is 0 Å². The number of benzene rings is 1. The summed E-state index contributed by atoms with van der Waals surface area (Å²) in [6.45, 7) is 6.46. The van der Waals surface area contributed by atoms with Crippen molar-refractivity contribution in [2.24, 2.45) is 5.41 Å². The normalized spacial score (nSPS) is 14.4. The molecule has 0 aromatic heterocycles. The average Bonchev–Trinajstić information content (AvgIpc) is 2.24. The maximum Gasteiger partial charge on any atom is 0.243 e. The zero-order valence-corrected chi connectivity index (χ0v) is 13.7. The second kappa shape index (κ2) is 6.33. The number of rotatable bonds is 5. The third kappa shape index (κ3) is 5.58. The topological polar surface area (TPSA) is 46.2 Å². The van der Waals surface area contributed by atoms with Gasteiger partial charge in [-0.15, -0.1) is 0 Å². The minimum Gasteiger partial charge on any atom is -0.210 e. The van der Waals surface area contributed by atoms with Crippen molar-refractivity contribution in [1.29, 1.82) is 0 Å². The molecule has 1 rings (SSSR count). The van der Waals surface area contributed by atoms with Crippen LogP contribution in [-0.2, 0) is 10.0 Å². The second-order valence-electron chi connectivity index (χ2n) is 5.64. The third-order valence-corrected chi connectivity index (χ3v) is 4.56. The van der Waals surface area contributed by atoms with Crippen molar-refractivity contribution in [3.63, 3.8) is 0 Å². The van der Waals surface area contributed by atoms with Crippen LogP contribution >= 0.6 is 15.9 Å². The first kappa shape index (κ1) is 16.6. The SMILES string of the molecule is CC(C)(C)CC(Br)CNS(=O)(=O)c1ccccc1F. The Balaban J connectivity index is 2.70. The maximum atomic E-state index is 13.4. The first-order valence-electron chi connectivity index (χ1n) is 6.00. The van der Waals surface area contributed by atoms with Crippen LogP contribution < -0.4 is 4.72 Å². The van der Waals surface area contributed by atoms with E-state index in [2.05, 4.69) is 41.4 Å². The number of halogens is 2. The lowest BCUT2D eigenvalue weighted by Crippen LogP contribution is -2.32. The molecule has 0 bridgehead atoms. The van der Waals surface area contributed by atoms with Crippen LogP contribution in [0.4, 0.5) is 4.39 Å². The van der Waals surface area contributed by atoms with Crippen molar-refractivity contribution in [3.8, 4) is 0 Å². The van der Waals surface area contributed by atoms with Gasteiger partial charge in [0, 0.05) is 11.4 Å². The van der Waals surface area contributed by atoms with Gasteiger partial charge in [-0.25, -0.2) is 17.5 Å². The molecule has 108 valence electrons. The lowest BCUT2D eigenvalue weighted by molar-refractivity contribution is 0.373. The Labute approximate surface area is 122 Å². The molecular formula is C13H19BrFNO2S. The van der Waals surface area contributed by atoms with Crippen LogP contribution in [0, 0.1) is 11.2 Å². The molecule has 0 amide bonds. The van der Waals surface area contributed by atoms with Gasteiger partial charge < -0.3 is 0 Å². The van der Waals surface area contributed by atoms with Crippen LogP contribution in [0.25, 0.3) is 0 Å². The van der Waals surface area contributed by atoms with Gasteiger partial charge in [0.1, 0.15) is 10.7 Å². The fourth-order valence-corrected chi connectivity index (χ4v) is 4.18. The Kier molecular flexibility index (Phi) is 5.53. The van der Waals surface area contributed by atoms with Crippen LogP contribution in [0.3, 0.4) is 0 Å². The standard InChI is InChI=1S/C13H19BrFNO2S/c1-13(2,3)8-10(14)9-16-19(17,18)12-7-5-4-6-11(12)15/h4-7,10,16H,8-9H2,1-3H3. The number of sulfonamides is 1. The Bertz CT molecular complexity index is 526. The molecule has 1 atom stereocenters. The molecule has 3 nitrogen and oxygen atoms in total. The Morgan fingerprint density at radius 1 is 1.32 bits per heavy atom. The van der Waals surface area contributed by atoms with Gasteiger partial charge in [-0.1, -0.05) is 48.8 Å². The summed E-state index contributed by atoms with van der Waals surface area (Å²) < 4.78 is 39.8. The summed E-state index contributed by atoms with van der Waals surface area (Å²) in [5.74, 6) is -0.739. The van der Waals surface area contributed by atoms with Crippen molar-refractivity contribution in [1.82, 2.24) is 4.72 Å². The van der Waals surface area contributed by atoms with Crippen LogP contribution in [0.1, 0.15) is 27.2 Å². The van der Waals surface area contributed by atoms with Gasteiger partial charge in [0.05, 0.1) is 0 Å². The van der Waals surface area contributed by atoms with Gasteiger partial charge >= 0.3 is 0 Å². The van der Waals surface area contributed by atoms with Crippen LogP contribution in [0.5, 0.6) is 0 Å². The second-order valence-corrected chi connectivity index (χ2v) is 8.67. The predicted octanol–water partition coefficient (Wildman–Crippen LogP) is 3.30. The Hall–Kier alpha value is -0.460. The molecule has 0 saturated carbocycles. The molecule has 0 radical (unpaired) electrons. The molecule has 0 aliphatic heterocycles. The number of hydrogen-bond donors (Lipinski definition) is 1. The summed E-state index contributed by atoms with van der Waals surface area (Å²) in [5.41, 5.74) is 0.0948. The molecule has 0 saturated heterocycles. The highest BCUT2D eigenvalue weighted by Gasteiger charge is 2.21. The van der Waals surface area contributed by atoms with E-state index < -0.39 is 15.8 Å². The zero-order valence-electron chi connectivity index (χ0n) is 11.3. The highest BCUT2D eigenvalue weighted by molar-refractivity contribution is 9.09. The lowest BCUT2D eigenvalue weighted by atomic mass is 9.91. The molecule has 0 fully saturated rings. The van der Waals surface area contributed by atoms with Crippen LogP contribution in [0.2, 0.25) is 0 Å². The first-order chi connectivity index (χ1) is 8.62. The van der Waals surface area contributed by atoms with Crippen LogP contribution in [-0.4, -0.2) is 19.8 Å². The van der Waals surface area contributed by atoms with Gasteiger partial charge in [0.25, 0.3) is 0 Å². The highest BCUT2D eigenvalue weighted by atomic mass is 79.9. The van der Waals surface area contributed by atoms with E-state index in [-0.39, 0.29) is 21.7 Å². The number of hydrogen-bond acceptors (Lipinski definition) is 2. The van der Waals surface area contributed by atoms with E-state index >= 15 is 0 Å². The van der Waals surface area contributed by atoms with E-state index in [1.165, 1.54) is 18.2 Å². The number of alkyl halides is 1. The first-order valence-corrected chi connectivity index (χ1v) is 8.40. The van der Waals surface area contributed by atoms with E-state index in [9.17, 15) is 12.8 Å². The maximum absolute atomic E-state index is 13.4. The van der Waals surface area contributed by atoms with E-state index in [0.717, 1.165) is 12.5 Å². The van der Waals surface area contributed by atoms with E-state index in [1.54, 1.807) is 0 Å². The van der Waals surface area contributed by atoms with Crippen LogP contribution in [0.15, 0.2) is 29.2 Å². The summed E-state index contributed by atoms with van der Waals surface area (Å²) in [6, 6.07) is 5.35. The molecule has 1 aromatic carbocycles. The van der Waals surface area contributed by atoms with E-state index in [1.807, 2.05) is 0 Å². The lowest BCUT2D eigenvalue weighted by Gasteiger charge is -2.22. The quantitative estimate of drug-likeness (QED) is 0.827. The molecular weight excluding hydrogens is 333 g/mol. The molecule has 1 unspecified atom stereocenters. The summed E-state index contributed by atoms with van der Waals surface area (Å²) >= 11 is 3.44. The average molecular weight is 352 g/mol. The third-order valence-electron chi connectivity index (χ3n) is 2.45. The van der Waals surface area contributed by atoms with Crippen molar-refractivity contribution in [2.45, 2.75) is 36.9 Å². The van der Waals surface area contributed by atoms with Crippen molar-refractivity contribution in [2.75, 3.05) is 6.54 Å². The smallest absolute Gasteiger partial charge is 0.210 e. The molecule has 19 heavy (non-hydrogen) atoms. The Morgan fingerprint density at radius 2 is 1.89 bits per heavy atom. The molecule has 0 spiro atoms. The molecule has 0 heterocycles.